The van der Waals surface area contributed by atoms with Gasteiger partial charge in [-0.05, 0) is 31.6 Å². The number of amides is 1. The lowest BCUT2D eigenvalue weighted by molar-refractivity contribution is -0.131. The molecule has 0 saturated carbocycles. The highest BCUT2D eigenvalue weighted by Crippen LogP contribution is 2.18. The Labute approximate surface area is 115 Å². The van der Waals surface area contributed by atoms with Gasteiger partial charge in [0.1, 0.15) is 0 Å². The Hall–Kier alpha value is -1.66. The third-order valence-electron chi connectivity index (χ3n) is 2.37. The molecule has 0 aromatic carbocycles. The highest BCUT2D eigenvalue weighted by Gasteiger charge is 2.11. The zero-order valence-corrected chi connectivity index (χ0v) is 11.7. The summed E-state index contributed by atoms with van der Waals surface area (Å²) in [6, 6.07) is 3.44. The number of carbonyl (C=O) groups excluding carboxylic acids is 1. The second kappa shape index (κ2) is 7.70. The Kier molecular flexibility index (Phi) is 6.24. The van der Waals surface area contributed by atoms with Crippen LogP contribution in [0.5, 0.6) is 0 Å². The maximum Gasteiger partial charge on any atom is 0.328 e. The number of aliphatic carboxylic acids is 1. The molecule has 0 saturated heterocycles. The Morgan fingerprint density at radius 3 is 2.89 bits per heavy atom. The van der Waals surface area contributed by atoms with E-state index < -0.39 is 5.97 Å². The van der Waals surface area contributed by atoms with E-state index in [2.05, 4.69) is 5.32 Å². The van der Waals surface area contributed by atoms with Crippen LogP contribution in [0.1, 0.15) is 27.9 Å². The summed E-state index contributed by atoms with van der Waals surface area (Å²) in [6.07, 6.45) is 3.27. The van der Waals surface area contributed by atoms with Crippen molar-refractivity contribution in [1.82, 2.24) is 5.32 Å². The first-order chi connectivity index (χ1) is 9.02. The smallest absolute Gasteiger partial charge is 0.328 e. The van der Waals surface area contributed by atoms with Crippen LogP contribution < -0.4 is 5.32 Å². The van der Waals surface area contributed by atoms with Crippen LogP contribution in [0.3, 0.4) is 0 Å². The number of rotatable bonds is 7. The zero-order chi connectivity index (χ0) is 14.3. The molecule has 6 heteroatoms. The molecule has 1 heterocycles. The van der Waals surface area contributed by atoms with Crippen LogP contribution >= 0.6 is 11.3 Å². The maximum absolute atomic E-state index is 11.9. The van der Waals surface area contributed by atoms with Gasteiger partial charge >= 0.3 is 5.97 Å². The fourth-order valence-corrected chi connectivity index (χ4v) is 2.19. The van der Waals surface area contributed by atoms with E-state index >= 15 is 0 Å². The van der Waals surface area contributed by atoms with Crippen molar-refractivity contribution in [2.75, 3.05) is 13.7 Å². The van der Waals surface area contributed by atoms with Gasteiger partial charge < -0.3 is 15.2 Å². The molecule has 19 heavy (non-hydrogen) atoms. The summed E-state index contributed by atoms with van der Waals surface area (Å²) in [6.45, 7) is 2.51. The van der Waals surface area contributed by atoms with Crippen molar-refractivity contribution in [2.24, 2.45) is 0 Å². The first kappa shape index (κ1) is 15.4. The zero-order valence-electron chi connectivity index (χ0n) is 10.9. The summed E-state index contributed by atoms with van der Waals surface area (Å²) in [5, 5.41) is 11.4. The third-order valence-corrected chi connectivity index (χ3v) is 3.42. The molecule has 0 aliphatic rings. The lowest BCUT2D eigenvalue weighted by Crippen LogP contribution is -2.32. The van der Waals surface area contributed by atoms with Gasteiger partial charge in [0.2, 0.25) is 0 Å². The maximum atomic E-state index is 11.9. The summed E-state index contributed by atoms with van der Waals surface area (Å²) in [4.78, 5) is 23.6. The molecule has 104 valence electrons. The summed E-state index contributed by atoms with van der Waals surface area (Å²) in [5.74, 6) is -1.16. The van der Waals surface area contributed by atoms with Crippen molar-refractivity contribution in [1.29, 1.82) is 0 Å². The van der Waals surface area contributed by atoms with E-state index in [0.717, 1.165) is 17.4 Å². The highest BCUT2D eigenvalue weighted by atomic mass is 32.1. The Morgan fingerprint density at radius 1 is 1.53 bits per heavy atom. The molecule has 0 aliphatic carbocycles. The van der Waals surface area contributed by atoms with E-state index in [9.17, 15) is 9.59 Å². The molecule has 1 aromatic rings. The molecule has 0 bridgehead atoms. The minimum absolute atomic E-state index is 0.0348. The van der Waals surface area contributed by atoms with Gasteiger partial charge in [0, 0.05) is 30.7 Å². The van der Waals surface area contributed by atoms with E-state index in [-0.39, 0.29) is 11.9 Å². The quantitative estimate of drug-likeness (QED) is 0.750. The highest BCUT2D eigenvalue weighted by molar-refractivity contribution is 7.14. The molecule has 0 fully saturated rings. The molecule has 1 atom stereocenters. The van der Waals surface area contributed by atoms with E-state index in [1.54, 1.807) is 19.2 Å². The average Bonchev–Trinajstić information content (AvgIpc) is 2.82. The topological polar surface area (TPSA) is 75.6 Å². The summed E-state index contributed by atoms with van der Waals surface area (Å²) in [5.41, 5.74) is 0. The number of carboxylic acids is 1. The van der Waals surface area contributed by atoms with Crippen molar-refractivity contribution in [2.45, 2.75) is 19.4 Å². The van der Waals surface area contributed by atoms with Gasteiger partial charge in [0.05, 0.1) is 4.88 Å². The SMILES string of the molecule is COCCC(C)NC(=O)c1ccc(C=CC(=O)O)s1. The Bertz CT molecular complexity index is 467. The minimum atomic E-state index is -1.01. The van der Waals surface area contributed by atoms with E-state index in [0.29, 0.717) is 11.5 Å². The number of hydrogen-bond acceptors (Lipinski definition) is 4. The van der Waals surface area contributed by atoms with Gasteiger partial charge in [0.15, 0.2) is 0 Å². The van der Waals surface area contributed by atoms with Crippen LogP contribution in [-0.2, 0) is 9.53 Å². The second-order valence-electron chi connectivity index (χ2n) is 4.03. The molecule has 2 N–H and O–H groups in total. The van der Waals surface area contributed by atoms with E-state index in [1.165, 1.54) is 17.4 Å². The third kappa shape index (κ3) is 5.67. The molecule has 1 rings (SSSR count). The first-order valence-electron chi connectivity index (χ1n) is 5.83. The number of ether oxygens (including phenoxy) is 1. The van der Waals surface area contributed by atoms with E-state index in [1.807, 2.05) is 6.92 Å². The molecule has 1 amide bonds. The van der Waals surface area contributed by atoms with Crippen molar-refractivity contribution >= 4 is 29.3 Å². The van der Waals surface area contributed by atoms with Gasteiger partial charge in [0.25, 0.3) is 5.91 Å². The van der Waals surface area contributed by atoms with Crippen molar-refractivity contribution in [3.63, 3.8) is 0 Å². The van der Waals surface area contributed by atoms with Crippen molar-refractivity contribution in [3.05, 3.63) is 28.0 Å². The van der Waals surface area contributed by atoms with Crippen LogP contribution in [0.4, 0.5) is 0 Å². The normalized spacial score (nSPS) is 12.5. The number of hydrogen-bond donors (Lipinski definition) is 2. The summed E-state index contributed by atoms with van der Waals surface area (Å²) in [7, 11) is 1.62. The molecule has 5 nitrogen and oxygen atoms in total. The summed E-state index contributed by atoms with van der Waals surface area (Å²) >= 11 is 1.26. The monoisotopic (exact) mass is 283 g/mol. The fourth-order valence-electron chi connectivity index (χ4n) is 1.38. The standard InChI is InChI=1S/C13H17NO4S/c1-9(7-8-18-2)14-13(17)11-5-3-10(19-11)4-6-12(15)16/h3-6,9H,7-8H2,1-2H3,(H,14,17)(H,15,16). The second-order valence-corrected chi connectivity index (χ2v) is 5.14. The molecular weight excluding hydrogens is 266 g/mol. The van der Waals surface area contributed by atoms with Crippen molar-refractivity contribution in [3.8, 4) is 0 Å². The number of carbonyl (C=O) groups is 2. The van der Waals surface area contributed by atoms with E-state index in [4.69, 9.17) is 9.84 Å². The van der Waals surface area contributed by atoms with Crippen LogP contribution in [0, 0.1) is 0 Å². The number of carboxylic acid groups (broad SMARTS) is 1. The molecule has 1 unspecified atom stereocenters. The van der Waals surface area contributed by atoms with Crippen LogP contribution in [0.25, 0.3) is 6.08 Å². The molecule has 0 radical (unpaired) electrons. The van der Waals surface area contributed by atoms with Gasteiger partial charge in [-0.2, -0.15) is 0 Å². The molecule has 0 aliphatic heterocycles. The lowest BCUT2D eigenvalue weighted by Gasteiger charge is -2.12. The van der Waals surface area contributed by atoms with Crippen LogP contribution in [0.15, 0.2) is 18.2 Å². The molecule has 0 spiro atoms. The van der Waals surface area contributed by atoms with Gasteiger partial charge in [-0.15, -0.1) is 11.3 Å². The van der Waals surface area contributed by atoms with Crippen LogP contribution in [-0.4, -0.2) is 36.7 Å². The predicted molar refractivity (Wildman–Crippen MR) is 74.4 cm³/mol. The largest absolute Gasteiger partial charge is 0.478 e. The van der Waals surface area contributed by atoms with Crippen molar-refractivity contribution < 1.29 is 19.4 Å². The molecular formula is C13H17NO4S. The Morgan fingerprint density at radius 2 is 2.26 bits per heavy atom. The Balaban J connectivity index is 2.56. The lowest BCUT2D eigenvalue weighted by atomic mass is 10.2. The van der Waals surface area contributed by atoms with Gasteiger partial charge in [-0.1, -0.05) is 0 Å². The number of methoxy groups -OCH3 is 1. The average molecular weight is 283 g/mol. The van der Waals surface area contributed by atoms with Gasteiger partial charge in [-0.25, -0.2) is 4.79 Å². The van der Waals surface area contributed by atoms with Gasteiger partial charge in [-0.3, -0.25) is 4.79 Å². The number of nitrogens with one attached hydrogen (secondary N) is 1. The summed E-state index contributed by atoms with van der Waals surface area (Å²) < 4.78 is 4.94. The molecule has 1 aromatic heterocycles. The minimum Gasteiger partial charge on any atom is -0.478 e. The fraction of sp³-hybridized carbons (Fsp3) is 0.385. The van der Waals surface area contributed by atoms with Crippen LogP contribution in [0.2, 0.25) is 0 Å². The first-order valence-corrected chi connectivity index (χ1v) is 6.65. The predicted octanol–water partition coefficient (Wildman–Crippen LogP) is 2.00. The number of thiophene rings is 1.